The Morgan fingerprint density at radius 3 is 2.81 bits per heavy atom. The summed E-state index contributed by atoms with van der Waals surface area (Å²) in [4.78, 5) is 11.2. The topological polar surface area (TPSA) is 38.3 Å². The predicted octanol–water partition coefficient (Wildman–Crippen LogP) is 3.31. The van der Waals surface area contributed by atoms with Crippen LogP contribution in [0.3, 0.4) is 0 Å². The zero-order valence-electron chi connectivity index (χ0n) is 11.3. The Morgan fingerprint density at radius 2 is 2.14 bits per heavy atom. The minimum Gasteiger partial charge on any atom is -0.490 e. The average Bonchev–Trinajstić information content (AvgIpc) is 2.85. The first-order chi connectivity index (χ1) is 9.88. The van der Waals surface area contributed by atoms with Gasteiger partial charge in [0.05, 0.1) is 5.56 Å². The number of nitrogens with one attached hydrogen (secondary N) is 1. The van der Waals surface area contributed by atoms with Crippen LogP contribution in [0.5, 0.6) is 5.75 Å². The molecule has 0 radical (unpaired) electrons. The first kappa shape index (κ1) is 15.4. The van der Waals surface area contributed by atoms with Crippen molar-refractivity contribution in [1.82, 2.24) is 5.32 Å². The number of benzene rings is 1. The van der Waals surface area contributed by atoms with Crippen LogP contribution in [-0.4, -0.2) is 18.1 Å². The van der Waals surface area contributed by atoms with E-state index in [1.54, 1.807) is 0 Å². The lowest BCUT2D eigenvalue weighted by atomic mass is 10.2. The smallest absolute Gasteiger partial charge is 0.416 e. The number of hydrogen-bond donors (Lipinski definition) is 1. The Hall–Kier alpha value is -1.98. The molecule has 2 atom stereocenters. The number of amides is 1. The normalized spacial score (nSPS) is 21.9. The number of alkyl halides is 3. The fraction of sp³-hybridized carbons (Fsp3) is 0.400. The van der Waals surface area contributed by atoms with E-state index in [-0.39, 0.29) is 23.8 Å². The van der Waals surface area contributed by atoms with E-state index < -0.39 is 11.7 Å². The van der Waals surface area contributed by atoms with Crippen LogP contribution in [0.4, 0.5) is 13.2 Å². The molecule has 0 aromatic heterocycles. The molecule has 1 saturated carbocycles. The van der Waals surface area contributed by atoms with Gasteiger partial charge in [0, 0.05) is 12.5 Å². The molecule has 1 fully saturated rings. The van der Waals surface area contributed by atoms with E-state index in [2.05, 4.69) is 11.9 Å². The Balaban J connectivity index is 1.94. The first-order valence-corrected chi connectivity index (χ1v) is 6.65. The Bertz CT molecular complexity index is 528. The molecule has 0 bridgehead atoms. The zero-order valence-corrected chi connectivity index (χ0v) is 11.3. The van der Waals surface area contributed by atoms with Crippen molar-refractivity contribution < 1.29 is 22.7 Å². The highest BCUT2D eigenvalue weighted by Gasteiger charge is 2.31. The number of carbonyl (C=O) groups is 1. The molecule has 21 heavy (non-hydrogen) atoms. The average molecular weight is 299 g/mol. The summed E-state index contributed by atoms with van der Waals surface area (Å²) >= 11 is 0. The second kappa shape index (κ2) is 6.20. The molecule has 0 heterocycles. The van der Waals surface area contributed by atoms with Gasteiger partial charge >= 0.3 is 6.18 Å². The van der Waals surface area contributed by atoms with Gasteiger partial charge in [-0.2, -0.15) is 13.2 Å². The summed E-state index contributed by atoms with van der Waals surface area (Å²) < 4.78 is 43.4. The highest BCUT2D eigenvalue weighted by atomic mass is 19.4. The van der Waals surface area contributed by atoms with Gasteiger partial charge in [0.2, 0.25) is 5.91 Å². The summed E-state index contributed by atoms with van der Waals surface area (Å²) in [5.74, 6) is -0.0507. The van der Waals surface area contributed by atoms with E-state index in [1.165, 1.54) is 18.2 Å². The Labute approximate surface area is 120 Å². The minimum atomic E-state index is -4.38. The Morgan fingerprint density at radius 1 is 1.38 bits per heavy atom. The van der Waals surface area contributed by atoms with Gasteiger partial charge in [-0.25, -0.2) is 0 Å². The largest absolute Gasteiger partial charge is 0.490 e. The third-order valence-electron chi connectivity index (χ3n) is 3.38. The van der Waals surface area contributed by atoms with Crippen LogP contribution in [0.1, 0.15) is 24.8 Å². The van der Waals surface area contributed by atoms with Crippen LogP contribution in [0.15, 0.2) is 36.9 Å². The maximum Gasteiger partial charge on any atom is 0.416 e. The number of halogens is 3. The van der Waals surface area contributed by atoms with Gasteiger partial charge in [-0.1, -0.05) is 12.6 Å². The van der Waals surface area contributed by atoms with Gasteiger partial charge in [0.15, 0.2) is 0 Å². The van der Waals surface area contributed by atoms with Crippen LogP contribution in [0.25, 0.3) is 0 Å². The van der Waals surface area contributed by atoms with Crippen LogP contribution in [0, 0.1) is 0 Å². The fourth-order valence-electron chi connectivity index (χ4n) is 2.38. The van der Waals surface area contributed by atoms with Gasteiger partial charge in [-0.05, 0) is 37.1 Å². The van der Waals surface area contributed by atoms with E-state index in [4.69, 9.17) is 4.74 Å². The van der Waals surface area contributed by atoms with Crippen molar-refractivity contribution >= 4 is 5.91 Å². The van der Waals surface area contributed by atoms with Crippen LogP contribution in [-0.2, 0) is 11.0 Å². The number of rotatable bonds is 4. The molecule has 0 aliphatic heterocycles. The molecule has 114 valence electrons. The van der Waals surface area contributed by atoms with E-state index in [0.29, 0.717) is 12.8 Å². The number of ether oxygens (including phenoxy) is 1. The zero-order chi connectivity index (χ0) is 15.5. The van der Waals surface area contributed by atoms with Crippen LogP contribution < -0.4 is 10.1 Å². The van der Waals surface area contributed by atoms with Crippen molar-refractivity contribution in [3.05, 3.63) is 42.5 Å². The molecule has 2 rings (SSSR count). The summed E-state index contributed by atoms with van der Waals surface area (Å²) in [7, 11) is 0. The van der Waals surface area contributed by atoms with Crippen molar-refractivity contribution in [1.29, 1.82) is 0 Å². The maximum absolute atomic E-state index is 12.6. The molecular formula is C15H16F3NO2. The van der Waals surface area contributed by atoms with E-state index in [1.807, 2.05) is 0 Å². The van der Waals surface area contributed by atoms with E-state index in [9.17, 15) is 18.0 Å². The molecule has 0 saturated heterocycles. The number of carbonyl (C=O) groups excluding carboxylic acids is 1. The van der Waals surface area contributed by atoms with Gasteiger partial charge in [0.1, 0.15) is 11.9 Å². The molecule has 1 amide bonds. The second-order valence-electron chi connectivity index (χ2n) is 4.99. The first-order valence-electron chi connectivity index (χ1n) is 6.65. The van der Waals surface area contributed by atoms with Crippen molar-refractivity contribution in [2.45, 2.75) is 37.6 Å². The van der Waals surface area contributed by atoms with Crippen LogP contribution >= 0.6 is 0 Å². The molecule has 1 aliphatic carbocycles. The van der Waals surface area contributed by atoms with Crippen molar-refractivity contribution in [3.63, 3.8) is 0 Å². The second-order valence-corrected chi connectivity index (χ2v) is 4.99. The molecule has 3 nitrogen and oxygen atoms in total. The molecule has 0 unspecified atom stereocenters. The lowest BCUT2D eigenvalue weighted by molar-refractivity contribution is -0.137. The standard InChI is InChI=1S/C15H16F3NO2/c1-2-14(20)19-11-6-7-13(9-11)21-12-5-3-4-10(8-12)15(16,17)18/h2-5,8,11,13H,1,6-7,9H2,(H,19,20)/t11-,13+/m0/s1. The van der Waals surface area contributed by atoms with Crippen molar-refractivity contribution in [2.24, 2.45) is 0 Å². The summed E-state index contributed by atoms with van der Waals surface area (Å²) in [5.41, 5.74) is -0.727. The Kier molecular flexibility index (Phi) is 4.55. The molecule has 6 heteroatoms. The molecule has 1 aromatic rings. The molecular weight excluding hydrogens is 283 g/mol. The summed E-state index contributed by atoms with van der Waals surface area (Å²) in [6.07, 6.45) is -1.36. The van der Waals surface area contributed by atoms with Crippen molar-refractivity contribution in [2.75, 3.05) is 0 Å². The minimum absolute atomic E-state index is 0.0219. The maximum atomic E-state index is 12.6. The van der Waals surface area contributed by atoms with Gasteiger partial charge < -0.3 is 10.1 Å². The van der Waals surface area contributed by atoms with Gasteiger partial charge in [-0.15, -0.1) is 0 Å². The highest BCUT2D eigenvalue weighted by Crippen LogP contribution is 2.32. The predicted molar refractivity (Wildman–Crippen MR) is 71.8 cm³/mol. The third-order valence-corrected chi connectivity index (χ3v) is 3.38. The molecule has 1 aromatic carbocycles. The number of hydrogen-bond acceptors (Lipinski definition) is 2. The van der Waals surface area contributed by atoms with E-state index >= 15 is 0 Å². The van der Waals surface area contributed by atoms with E-state index in [0.717, 1.165) is 18.6 Å². The lowest BCUT2D eigenvalue weighted by Gasteiger charge is -2.16. The molecule has 1 N–H and O–H groups in total. The van der Waals surface area contributed by atoms with Crippen molar-refractivity contribution in [3.8, 4) is 5.75 Å². The summed E-state index contributed by atoms with van der Waals surface area (Å²) in [5, 5.41) is 2.76. The third kappa shape index (κ3) is 4.24. The fourth-order valence-corrected chi connectivity index (χ4v) is 2.38. The monoisotopic (exact) mass is 299 g/mol. The van der Waals surface area contributed by atoms with Gasteiger partial charge in [0.25, 0.3) is 0 Å². The summed E-state index contributed by atoms with van der Waals surface area (Å²) in [6.45, 7) is 3.37. The van der Waals surface area contributed by atoms with Crippen LogP contribution in [0.2, 0.25) is 0 Å². The molecule has 0 spiro atoms. The lowest BCUT2D eigenvalue weighted by Crippen LogP contribution is -2.32. The SMILES string of the molecule is C=CC(=O)N[C@H]1CC[C@@H](Oc2cccc(C(F)(F)F)c2)C1. The molecule has 1 aliphatic rings. The highest BCUT2D eigenvalue weighted by molar-refractivity contribution is 5.87. The quantitative estimate of drug-likeness (QED) is 0.866. The summed E-state index contributed by atoms with van der Waals surface area (Å²) in [6, 6.07) is 4.81. The van der Waals surface area contributed by atoms with Gasteiger partial charge in [-0.3, -0.25) is 4.79 Å².